The number of alkyl halides is 1. The van der Waals surface area contributed by atoms with Gasteiger partial charge in [0.1, 0.15) is 5.82 Å². The molecule has 0 aliphatic heterocycles. The Morgan fingerprint density at radius 1 is 1.36 bits per heavy atom. The van der Waals surface area contributed by atoms with Crippen LogP contribution in [0.4, 0.5) is 4.39 Å². The molecule has 0 amide bonds. The minimum Gasteiger partial charge on any atom is -0.207 e. The topological polar surface area (TPSA) is 0 Å². The van der Waals surface area contributed by atoms with Gasteiger partial charge in [0.15, 0.2) is 0 Å². The third-order valence-electron chi connectivity index (χ3n) is 2.69. The van der Waals surface area contributed by atoms with E-state index in [0.29, 0.717) is 4.83 Å². The van der Waals surface area contributed by atoms with Crippen molar-refractivity contribution in [2.45, 2.75) is 30.5 Å². The molecule has 0 N–H and O–H groups in total. The molecule has 0 spiro atoms. The van der Waals surface area contributed by atoms with Crippen molar-refractivity contribution in [2.75, 3.05) is 0 Å². The van der Waals surface area contributed by atoms with Crippen LogP contribution in [-0.4, -0.2) is 4.83 Å². The van der Waals surface area contributed by atoms with E-state index in [1.807, 2.05) is 12.1 Å². The summed E-state index contributed by atoms with van der Waals surface area (Å²) in [5.74, 6) is 0.818. The Morgan fingerprint density at radius 3 is 2.71 bits per heavy atom. The van der Waals surface area contributed by atoms with Crippen LogP contribution in [0.5, 0.6) is 0 Å². The highest BCUT2D eigenvalue weighted by molar-refractivity contribution is 9.09. The molecule has 0 aromatic heterocycles. The maximum absolute atomic E-state index is 13.3. The van der Waals surface area contributed by atoms with E-state index in [-0.39, 0.29) is 5.82 Å². The highest BCUT2D eigenvalue weighted by Gasteiger charge is 2.24. The van der Waals surface area contributed by atoms with E-state index in [4.69, 9.17) is 0 Å². The maximum atomic E-state index is 13.3. The fourth-order valence-electron chi connectivity index (χ4n) is 1.70. The lowest BCUT2D eigenvalue weighted by atomic mass is 10.1. The second-order valence-corrected chi connectivity index (χ2v) is 5.37. The van der Waals surface area contributed by atoms with E-state index < -0.39 is 0 Å². The predicted molar refractivity (Wildman–Crippen MR) is 60.2 cm³/mol. The van der Waals surface area contributed by atoms with Gasteiger partial charge in [-0.25, -0.2) is 4.39 Å². The van der Waals surface area contributed by atoms with Gasteiger partial charge in [0.2, 0.25) is 0 Å². The fourth-order valence-corrected chi connectivity index (χ4v) is 2.58. The second kappa shape index (κ2) is 4.43. The summed E-state index contributed by atoms with van der Waals surface area (Å²) < 4.78 is 13.3. The molecule has 1 unspecified atom stereocenters. The molecule has 0 bridgehead atoms. The second-order valence-electron chi connectivity index (χ2n) is 4.07. The van der Waals surface area contributed by atoms with Gasteiger partial charge in [0.05, 0.1) is 0 Å². The molecule has 0 radical (unpaired) electrons. The van der Waals surface area contributed by atoms with Crippen LogP contribution < -0.4 is 0 Å². The van der Waals surface area contributed by atoms with Crippen molar-refractivity contribution in [1.29, 1.82) is 0 Å². The van der Waals surface area contributed by atoms with E-state index in [1.165, 1.54) is 25.3 Å². The van der Waals surface area contributed by atoms with Crippen molar-refractivity contribution < 1.29 is 4.39 Å². The molecule has 0 heterocycles. The molecule has 2 rings (SSSR count). The molecule has 2 heteroatoms. The van der Waals surface area contributed by atoms with Crippen molar-refractivity contribution in [3.05, 3.63) is 35.6 Å². The van der Waals surface area contributed by atoms with Gasteiger partial charge in [0, 0.05) is 4.83 Å². The number of benzene rings is 1. The van der Waals surface area contributed by atoms with Crippen LogP contribution in [0.1, 0.15) is 24.8 Å². The molecule has 1 fully saturated rings. The lowest BCUT2D eigenvalue weighted by Crippen LogP contribution is -2.05. The zero-order chi connectivity index (χ0) is 9.97. The van der Waals surface area contributed by atoms with Crippen LogP contribution >= 0.6 is 15.9 Å². The minimum absolute atomic E-state index is 0.0762. The SMILES string of the molecule is Fc1ccccc1CC(Br)CC1CC1. The largest absolute Gasteiger partial charge is 0.207 e. The van der Waals surface area contributed by atoms with Crippen LogP contribution in [0, 0.1) is 11.7 Å². The third kappa shape index (κ3) is 2.81. The van der Waals surface area contributed by atoms with Gasteiger partial charge in [0.25, 0.3) is 0 Å². The predicted octanol–water partition coefficient (Wildman–Crippen LogP) is 3.93. The number of rotatable bonds is 4. The Bertz CT molecular complexity index is 307. The first-order valence-electron chi connectivity index (χ1n) is 5.13. The van der Waals surface area contributed by atoms with Crippen molar-refractivity contribution in [2.24, 2.45) is 5.92 Å². The van der Waals surface area contributed by atoms with Gasteiger partial charge in [-0.3, -0.25) is 0 Å². The zero-order valence-corrected chi connectivity index (χ0v) is 9.63. The molecular weight excluding hydrogens is 243 g/mol. The molecule has 1 atom stereocenters. The molecule has 0 saturated heterocycles. The summed E-state index contributed by atoms with van der Waals surface area (Å²) in [7, 11) is 0. The summed E-state index contributed by atoms with van der Waals surface area (Å²) in [6, 6.07) is 7.04. The van der Waals surface area contributed by atoms with Crippen LogP contribution in [0.2, 0.25) is 0 Å². The standard InChI is InChI=1S/C12H14BrF/c13-11(7-9-5-6-9)8-10-3-1-2-4-12(10)14/h1-4,9,11H,5-8H2. The quantitative estimate of drug-likeness (QED) is 0.717. The molecule has 1 aromatic rings. The molecule has 1 saturated carbocycles. The van der Waals surface area contributed by atoms with Gasteiger partial charge in [-0.15, -0.1) is 0 Å². The van der Waals surface area contributed by atoms with Gasteiger partial charge in [-0.1, -0.05) is 47.0 Å². The summed E-state index contributed by atoms with van der Waals surface area (Å²) in [6.07, 6.45) is 4.72. The average Bonchev–Trinajstić information content (AvgIpc) is 2.93. The van der Waals surface area contributed by atoms with Crippen molar-refractivity contribution in [3.8, 4) is 0 Å². The molecule has 1 aromatic carbocycles. The first-order chi connectivity index (χ1) is 6.75. The Morgan fingerprint density at radius 2 is 2.07 bits per heavy atom. The summed E-state index contributed by atoms with van der Waals surface area (Å²) in [6.45, 7) is 0. The molecule has 1 aliphatic rings. The molecule has 0 nitrogen and oxygen atoms in total. The molecule has 14 heavy (non-hydrogen) atoms. The highest BCUT2D eigenvalue weighted by atomic mass is 79.9. The van der Waals surface area contributed by atoms with Gasteiger partial charge in [-0.05, 0) is 30.4 Å². The van der Waals surface area contributed by atoms with Crippen LogP contribution in [-0.2, 0) is 6.42 Å². The number of hydrogen-bond acceptors (Lipinski definition) is 0. The van der Waals surface area contributed by atoms with E-state index >= 15 is 0 Å². The summed E-state index contributed by atoms with van der Waals surface area (Å²) in [4.78, 5) is 0.437. The lowest BCUT2D eigenvalue weighted by molar-refractivity contribution is 0.598. The smallest absolute Gasteiger partial charge is 0.126 e. The van der Waals surface area contributed by atoms with Gasteiger partial charge in [-0.2, -0.15) is 0 Å². The van der Waals surface area contributed by atoms with Crippen molar-refractivity contribution >= 4 is 15.9 Å². The van der Waals surface area contributed by atoms with E-state index in [2.05, 4.69) is 15.9 Å². The first-order valence-corrected chi connectivity index (χ1v) is 6.05. The summed E-state index contributed by atoms with van der Waals surface area (Å²) in [5, 5.41) is 0. The van der Waals surface area contributed by atoms with E-state index in [0.717, 1.165) is 17.9 Å². The Labute approximate surface area is 92.6 Å². The molecular formula is C12H14BrF. The number of hydrogen-bond donors (Lipinski definition) is 0. The average molecular weight is 257 g/mol. The van der Waals surface area contributed by atoms with Crippen LogP contribution in [0.15, 0.2) is 24.3 Å². The Balaban J connectivity index is 1.91. The van der Waals surface area contributed by atoms with E-state index in [9.17, 15) is 4.39 Å². The maximum Gasteiger partial charge on any atom is 0.126 e. The minimum atomic E-state index is -0.0762. The highest BCUT2D eigenvalue weighted by Crippen LogP contribution is 2.36. The lowest BCUT2D eigenvalue weighted by Gasteiger charge is -2.09. The van der Waals surface area contributed by atoms with Gasteiger partial charge >= 0.3 is 0 Å². The van der Waals surface area contributed by atoms with Crippen molar-refractivity contribution in [3.63, 3.8) is 0 Å². The van der Waals surface area contributed by atoms with Gasteiger partial charge < -0.3 is 0 Å². The molecule has 76 valence electrons. The van der Waals surface area contributed by atoms with Crippen LogP contribution in [0.3, 0.4) is 0 Å². The fraction of sp³-hybridized carbons (Fsp3) is 0.500. The summed E-state index contributed by atoms with van der Waals surface area (Å²) in [5.41, 5.74) is 0.829. The van der Waals surface area contributed by atoms with E-state index in [1.54, 1.807) is 6.07 Å². The zero-order valence-electron chi connectivity index (χ0n) is 8.05. The first kappa shape index (κ1) is 10.2. The summed E-state index contributed by atoms with van der Waals surface area (Å²) >= 11 is 3.62. The number of halogens is 2. The third-order valence-corrected chi connectivity index (χ3v) is 3.38. The van der Waals surface area contributed by atoms with Crippen LogP contribution in [0.25, 0.3) is 0 Å². The Kier molecular flexibility index (Phi) is 3.22. The monoisotopic (exact) mass is 256 g/mol. The Hall–Kier alpha value is -0.370. The van der Waals surface area contributed by atoms with Crippen molar-refractivity contribution in [1.82, 2.24) is 0 Å². The normalized spacial score (nSPS) is 18.1. The molecule has 1 aliphatic carbocycles.